The highest BCUT2D eigenvalue weighted by atomic mass is 15.1. The summed E-state index contributed by atoms with van der Waals surface area (Å²) in [6.07, 6.45) is 3.10. The third-order valence-corrected chi connectivity index (χ3v) is 2.74. The van der Waals surface area contributed by atoms with Crippen LogP contribution in [0.3, 0.4) is 0 Å². The molecule has 0 radical (unpaired) electrons. The summed E-state index contributed by atoms with van der Waals surface area (Å²) in [5, 5.41) is 0. The zero-order valence-electron chi connectivity index (χ0n) is 9.90. The van der Waals surface area contributed by atoms with Crippen LogP contribution in [-0.2, 0) is 6.54 Å². The Morgan fingerprint density at radius 2 is 2.20 bits per heavy atom. The molecule has 1 rings (SSSR count). The van der Waals surface area contributed by atoms with Gasteiger partial charge in [0, 0.05) is 20.1 Å². The summed E-state index contributed by atoms with van der Waals surface area (Å²) in [5.74, 6) is 0.712. The molecule has 0 saturated heterocycles. The van der Waals surface area contributed by atoms with Crippen molar-refractivity contribution in [2.75, 3.05) is 18.5 Å². The molecular formula is C12H21N3. The highest BCUT2D eigenvalue weighted by Crippen LogP contribution is 2.13. The second kappa shape index (κ2) is 5.71. The molecule has 1 aromatic rings. The molecule has 15 heavy (non-hydrogen) atoms. The molecule has 0 aromatic carbocycles. The van der Waals surface area contributed by atoms with Gasteiger partial charge in [-0.25, -0.2) is 0 Å². The normalized spacial score (nSPS) is 12.5. The lowest BCUT2D eigenvalue weighted by molar-refractivity contribution is 0.559. The molecule has 1 unspecified atom stereocenters. The first kappa shape index (κ1) is 12.0. The van der Waals surface area contributed by atoms with Crippen LogP contribution in [0.25, 0.3) is 0 Å². The van der Waals surface area contributed by atoms with Gasteiger partial charge in [0.25, 0.3) is 0 Å². The molecule has 3 nitrogen and oxygen atoms in total. The van der Waals surface area contributed by atoms with Crippen molar-refractivity contribution in [2.24, 2.45) is 11.7 Å². The molecule has 0 fully saturated rings. The van der Waals surface area contributed by atoms with E-state index in [4.69, 9.17) is 5.73 Å². The van der Waals surface area contributed by atoms with Gasteiger partial charge < -0.3 is 10.6 Å². The molecule has 0 aliphatic heterocycles. The van der Waals surface area contributed by atoms with E-state index in [2.05, 4.69) is 36.8 Å². The van der Waals surface area contributed by atoms with Crippen molar-refractivity contribution in [1.29, 1.82) is 0 Å². The number of nitrogens with two attached hydrogens (primary N) is 1. The summed E-state index contributed by atoms with van der Waals surface area (Å²) in [6.45, 7) is 6.06. The monoisotopic (exact) mass is 207 g/mol. The van der Waals surface area contributed by atoms with Gasteiger partial charge in [0.05, 0.1) is 17.6 Å². The van der Waals surface area contributed by atoms with Crippen molar-refractivity contribution in [3.05, 3.63) is 24.0 Å². The lowest BCUT2D eigenvalue weighted by Gasteiger charge is -2.22. The van der Waals surface area contributed by atoms with Crippen LogP contribution < -0.4 is 10.6 Å². The van der Waals surface area contributed by atoms with Crippen molar-refractivity contribution in [3.63, 3.8) is 0 Å². The van der Waals surface area contributed by atoms with E-state index in [9.17, 15) is 0 Å². The van der Waals surface area contributed by atoms with Gasteiger partial charge in [0.1, 0.15) is 0 Å². The van der Waals surface area contributed by atoms with Gasteiger partial charge in [0.15, 0.2) is 0 Å². The molecule has 0 bridgehead atoms. The van der Waals surface area contributed by atoms with Crippen molar-refractivity contribution in [2.45, 2.75) is 26.8 Å². The van der Waals surface area contributed by atoms with Crippen LogP contribution in [0.15, 0.2) is 18.3 Å². The SMILES string of the molecule is CCC(C)CN(C)c1ccc(CN)nc1. The van der Waals surface area contributed by atoms with Crippen LogP contribution in [-0.4, -0.2) is 18.6 Å². The van der Waals surface area contributed by atoms with E-state index >= 15 is 0 Å². The summed E-state index contributed by atoms with van der Waals surface area (Å²) in [4.78, 5) is 6.52. The summed E-state index contributed by atoms with van der Waals surface area (Å²) < 4.78 is 0. The standard InChI is InChI=1S/C12H21N3/c1-4-10(2)9-15(3)12-6-5-11(7-13)14-8-12/h5-6,8,10H,4,7,9,13H2,1-3H3. The van der Waals surface area contributed by atoms with Gasteiger partial charge >= 0.3 is 0 Å². The number of anilines is 1. The van der Waals surface area contributed by atoms with E-state index in [-0.39, 0.29) is 0 Å². The van der Waals surface area contributed by atoms with Crippen LogP contribution in [0.2, 0.25) is 0 Å². The van der Waals surface area contributed by atoms with E-state index in [0.717, 1.165) is 17.9 Å². The van der Waals surface area contributed by atoms with E-state index < -0.39 is 0 Å². The van der Waals surface area contributed by atoms with E-state index in [1.54, 1.807) is 0 Å². The number of aromatic nitrogens is 1. The maximum atomic E-state index is 5.50. The second-order valence-corrected chi connectivity index (χ2v) is 4.11. The first-order valence-corrected chi connectivity index (χ1v) is 5.53. The van der Waals surface area contributed by atoms with Crippen LogP contribution in [0, 0.1) is 5.92 Å². The lowest BCUT2D eigenvalue weighted by Crippen LogP contribution is -2.23. The van der Waals surface area contributed by atoms with Crippen LogP contribution in [0.4, 0.5) is 5.69 Å². The molecular weight excluding hydrogens is 186 g/mol. The average Bonchev–Trinajstić information content (AvgIpc) is 2.29. The van der Waals surface area contributed by atoms with Gasteiger partial charge in [-0.15, -0.1) is 0 Å². The van der Waals surface area contributed by atoms with E-state index in [1.807, 2.05) is 12.3 Å². The van der Waals surface area contributed by atoms with Gasteiger partial charge in [-0.05, 0) is 18.1 Å². The first-order valence-electron chi connectivity index (χ1n) is 5.53. The predicted octanol–water partition coefficient (Wildman–Crippen LogP) is 2.02. The number of pyridine rings is 1. The predicted molar refractivity (Wildman–Crippen MR) is 64.9 cm³/mol. The molecule has 3 heteroatoms. The zero-order valence-corrected chi connectivity index (χ0v) is 9.90. The highest BCUT2D eigenvalue weighted by molar-refractivity contribution is 5.43. The summed E-state index contributed by atoms with van der Waals surface area (Å²) in [6, 6.07) is 4.07. The third kappa shape index (κ3) is 3.51. The number of hydrogen-bond acceptors (Lipinski definition) is 3. The minimum atomic E-state index is 0.509. The van der Waals surface area contributed by atoms with E-state index in [1.165, 1.54) is 6.42 Å². The second-order valence-electron chi connectivity index (χ2n) is 4.11. The number of hydrogen-bond donors (Lipinski definition) is 1. The summed E-state index contributed by atoms with van der Waals surface area (Å²) in [5.41, 5.74) is 7.60. The largest absolute Gasteiger partial charge is 0.373 e. The van der Waals surface area contributed by atoms with Crippen molar-refractivity contribution >= 4 is 5.69 Å². The Kier molecular flexibility index (Phi) is 4.56. The first-order chi connectivity index (χ1) is 7.17. The maximum absolute atomic E-state index is 5.50. The number of rotatable bonds is 5. The Bertz CT molecular complexity index is 281. The number of nitrogens with zero attached hydrogens (tertiary/aromatic N) is 2. The summed E-state index contributed by atoms with van der Waals surface area (Å²) >= 11 is 0. The fourth-order valence-electron chi connectivity index (χ4n) is 1.47. The summed E-state index contributed by atoms with van der Waals surface area (Å²) in [7, 11) is 2.10. The topological polar surface area (TPSA) is 42.1 Å². The Morgan fingerprint density at radius 1 is 1.47 bits per heavy atom. The smallest absolute Gasteiger partial charge is 0.0550 e. The van der Waals surface area contributed by atoms with Gasteiger partial charge in [-0.1, -0.05) is 20.3 Å². The average molecular weight is 207 g/mol. The fourth-order valence-corrected chi connectivity index (χ4v) is 1.47. The molecule has 0 spiro atoms. The van der Waals surface area contributed by atoms with Gasteiger partial charge in [-0.3, -0.25) is 4.98 Å². The van der Waals surface area contributed by atoms with Crippen molar-refractivity contribution < 1.29 is 0 Å². The van der Waals surface area contributed by atoms with Crippen LogP contribution in [0.1, 0.15) is 26.0 Å². The fraction of sp³-hybridized carbons (Fsp3) is 0.583. The molecule has 0 aliphatic rings. The van der Waals surface area contributed by atoms with Crippen LogP contribution in [0.5, 0.6) is 0 Å². The Balaban J connectivity index is 2.61. The highest BCUT2D eigenvalue weighted by Gasteiger charge is 2.05. The minimum Gasteiger partial charge on any atom is -0.373 e. The quantitative estimate of drug-likeness (QED) is 0.803. The molecule has 1 atom stereocenters. The lowest BCUT2D eigenvalue weighted by atomic mass is 10.1. The minimum absolute atomic E-state index is 0.509. The Morgan fingerprint density at radius 3 is 2.67 bits per heavy atom. The molecule has 0 aliphatic carbocycles. The molecule has 0 saturated carbocycles. The molecule has 1 heterocycles. The zero-order chi connectivity index (χ0) is 11.3. The molecule has 1 aromatic heterocycles. The van der Waals surface area contributed by atoms with Gasteiger partial charge in [-0.2, -0.15) is 0 Å². The van der Waals surface area contributed by atoms with Crippen molar-refractivity contribution in [3.8, 4) is 0 Å². The Labute approximate surface area is 92.3 Å². The van der Waals surface area contributed by atoms with Crippen LogP contribution >= 0.6 is 0 Å². The molecule has 2 N–H and O–H groups in total. The third-order valence-electron chi connectivity index (χ3n) is 2.74. The van der Waals surface area contributed by atoms with Gasteiger partial charge in [0.2, 0.25) is 0 Å². The molecule has 0 amide bonds. The Hall–Kier alpha value is -1.09. The van der Waals surface area contributed by atoms with E-state index in [0.29, 0.717) is 12.5 Å². The molecule has 84 valence electrons. The maximum Gasteiger partial charge on any atom is 0.0550 e. The van der Waals surface area contributed by atoms with Crippen molar-refractivity contribution in [1.82, 2.24) is 4.98 Å².